The first kappa shape index (κ1) is 13.1. The molecular formula is C17H20N2O. The Morgan fingerprint density at radius 3 is 2.90 bits per heavy atom. The molecular weight excluding hydrogens is 248 g/mol. The summed E-state index contributed by atoms with van der Waals surface area (Å²) in [6.45, 7) is 1.85. The lowest BCUT2D eigenvalue weighted by Gasteiger charge is -2.23. The Balaban J connectivity index is 1.87. The number of hydrogen-bond donors (Lipinski definition) is 1. The van der Waals surface area contributed by atoms with E-state index >= 15 is 0 Å². The lowest BCUT2D eigenvalue weighted by molar-refractivity contribution is -0.125. The lowest BCUT2D eigenvalue weighted by Crippen LogP contribution is -2.41. The Morgan fingerprint density at radius 1 is 1.25 bits per heavy atom. The first-order valence-corrected chi connectivity index (χ1v) is 7.22. The van der Waals surface area contributed by atoms with Gasteiger partial charge in [-0.2, -0.15) is 0 Å². The first-order valence-electron chi connectivity index (χ1n) is 7.22. The maximum Gasteiger partial charge on any atom is 0.237 e. The highest BCUT2D eigenvalue weighted by Gasteiger charge is 2.29. The molecule has 3 nitrogen and oxygen atoms in total. The lowest BCUT2D eigenvalue weighted by atomic mass is 10.0. The van der Waals surface area contributed by atoms with Gasteiger partial charge in [-0.05, 0) is 35.7 Å². The molecule has 1 heterocycles. The van der Waals surface area contributed by atoms with E-state index in [-0.39, 0.29) is 11.9 Å². The van der Waals surface area contributed by atoms with E-state index in [2.05, 4.69) is 52.7 Å². The zero-order valence-corrected chi connectivity index (χ0v) is 11.8. The van der Waals surface area contributed by atoms with Crippen LogP contribution in [-0.2, 0) is 11.3 Å². The van der Waals surface area contributed by atoms with Crippen molar-refractivity contribution in [2.45, 2.75) is 25.4 Å². The number of nitrogens with zero attached hydrogens (tertiary/aromatic N) is 1. The third-order valence-electron chi connectivity index (χ3n) is 4.17. The van der Waals surface area contributed by atoms with Gasteiger partial charge in [0.25, 0.3) is 0 Å². The summed E-state index contributed by atoms with van der Waals surface area (Å²) < 4.78 is 0. The Morgan fingerprint density at radius 2 is 2.05 bits per heavy atom. The van der Waals surface area contributed by atoms with Gasteiger partial charge >= 0.3 is 0 Å². The number of nitrogens with one attached hydrogen (secondary N) is 1. The molecule has 104 valence electrons. The van der Waals surface area contributed by atoms with Gasteiger partial charge in [-0.15, -0.1) is 0 Å². The zero-order chi connectivity index (χ0) is 13.9. The van der Waals surface area contributed by atoms with E-state index in [1.54, 1.807) is 7.05 Å². The van der Waals surface area contributed by atoms with Crippen LogP contribution < -0.4 is 5.32 Å². The number of carbonyl (C=O) groups excluding carboxylic acids is 1. The van der Waals surface area contributed by atoms with Crippen LogP contribution in [0.15, 0.2) is 42.5 Å². The Labute approximate surface area is 119 Å². The standard InChI is InChI=1S/C17H20N2O/c1-18-17(20)16-10-5-11-19(16)12-14-8-4-7-13-6-2-3-9-15(13)14/h2-4,6-9,16H,5,10-12H2,1H3,(H,18,20). The number of carbonyl (C=O) groups is 1. The highest BCUT2D eigenvalue weighted by molar-refractivity contribution is 5.86. The Kier molecular flexibility index (Phi) is 3.70. The number of likely N-dealkylation sites (N-methyl/N-ethyl adjacent to an activating group) is 1. The van der Waals surface area contributed by atoms with Gasteiger partial charge in [0.15, 0.2) is 0 Å². The number of fused-ring (bicyclic) bond motifs is 1. The summed E-state index contributed by atoms with van der Waals surface area (Å²) in [4.78, 5) is 14.2. The highest BCUT2D eigenvalue weighted by Crippen LogP contribution is 2.24. The molecule has 1 N–H and O–H groups in total. The predicted molar refractivity (Wildman–Crippen MR) is 81.4 cm³/mol. The molecule has 1 fully saturated rings. The number of likely N-dealkylation sites (tertiary alicyclic amines) is 1. The van der Waals surface area contributed by atoms with Crippen LogP contribution in [-0.4, -0.2) is 30.4 Å². The van der Waals surface area contributed by atoms with Crippen molar-refractivity contribution in [1.82, 2.24) is 10.2 Å². The topological polar surface area (TPSA) is 32.3 Å². The number of hydrogen-bond acceptors (Lipinski definition) is 2. The summed E-state index contributed by atoms with van der Waals surface area (Å²) in [5.74, 6) is 0.141. The van der Waals surface area contributed by atoms with Crippen molar-refractivity contribution in [3.05, 3.63) is 48.0 Å². The molecule has 0 aromatic heterocycles. The van der Waals surface area contributed by atoms with E-state index in [9.17, 15) is 4.79 Å². The third kappa shape index (κ3) is 2.41. The van der Waals surface area contributed by atoms with Crippen molar-refractivity contribution < 1.29 is 4.79 Å². The number of rotatable bonds is 3. The minimum absolute atomic E-state index is 0.0268. The fourth-order valence-corrected chi connectivity index (χ4v) is 3.13. The average molecular weight is 268 g/mol. The largest absolute Gasteiger partial charge is 0.358 e. The van der Waals surface area contributed by atoms with Crippen LogP contribution in [0.3, 0.4) is 0 Å². The minimum Gasteiger partial charge on any atom is -0.358 e. The number of benzene rings is 2. The van der Waals surface area contributed by atoms with Crippen LogP contribution in [0.1, 0.15) is 18.4 Å². The molecule has 2 aromatic carbocycles. The van der Waals surface area contributed by atoms with Gasteiger partial charge in [0.1, 0.15) is 0 Å². The minimum atomic E-state index is 0.0268. The van der Waals surface area contributed by atoms with Gasteiger partial charge in [0.05, 0.1) is 6.04 Å². The summed E-state index contributed by atoms with van der Waals surface area (Å²) in [5.41, 5.74) is 1.30. The van der Waals surface area contributed by atoms with Crippen LogP contribution in [0.25, 0.3) is 10.8 Å². The van der Waals surface area contributed by atoms with Gasteiger partial charge in [-0.3, -0.25) is 9.69 Å². The smallest absolute Gasteiger partial charge is 0.237 e. The average Bonchev–Trinajstić information content (AvgIpc) is 2.95. The quantitative estimate of drug-likeness (QED) is 0.928. The molecule has 2 aromatic rings. The first-order chi connectivity index (χ1) is 9.79. The van der Waals surface area contributed by atoms with Crippen molar-refractivity contribution in [1.29, 1.82) is 0 Å². The van der Waals surface area contributed by atoms with E-state index in [1.165, 1.54) is 16.3 Å². The molecule has 1 aliphatic rings. The van der Waals surface area contributed by atoms with Gasteiger partial charge in [-0.1, -0.05) is 42.5 Å². The summed E-state index contributed by atoms with van der Waals surface area (Å²) in [7, 11) is 1.72. The maximum absolute atomic E-state index is 11.9. The molecule has 1 unspecified atom stereocenters. The third-order valence-corrected chi connectivity index (χ3v) is 4.17. The predicted octanol–water partition coefficient (Wildman–Crippen LogP) is 2.55. The number of amides is 1. The van der Waals surface area contributed by atoms with Crippen molar-refractivity contribution in [2.75, 3.05) is 13.6 Å². The van der Waals surface area contributed by atoms with Crippen molar-refractivity contribution in [3.63, 3.8) is 0 Å². The van der Waals surface area contributed by atoms with Crippen LogP contribution in [0.2, 0.25) is 0 Å². The van der Waals surface area contributed by atoms with Crippen molar-refractivity contribution in [2.24, 2.45) is 0 Å². The van der Waals surface area contributed by atoms with Gasteiger partial charge < -0.3 is 5.32 Å². The van der Waals surface area contributed by atoms with E-state index in [4.69, 9.17) is 0 Å². The summed E-state index contributed by atoms with van der Waals surface area (Å²) in [6.07, 6.45) is 2.06. The summed E-state index contributed by atoms with van der Waals surface area (Å²) in [6, 6.07) is 14.9. The van der Waals surface area contributed by atoms with Crippen LogP contribution >= 0.6 is 0 Å². The second kappa shape index (κ2) is 5.63. The molecule has 0 spiro atoms. The van der Waals surface area contributed by atoms with E-state index in [0.717, 1.165) is 25.9 Å². The fraction of sp³-hybridized carbons (Fsp3) is 0.353. The molecule has 3 rings (SSSR count). The molecule has 0 saturated carbocycles. The second-order valence-electron chi connectivity index (χ2n) is 5.38. The summed E-state index contributed by atoms with van der Waals surface area (Å²) in [5, 5.41) is 5.33. The van der Waals surface area contributed by atoms with Crippen LogP contribution in [0, 0.1) is 0 Å². The summed E-state index contributed by atoms with van der Waals surface area (Å²) >= 11 is 0. The van der Waals surface area contributed by atoms with E-state index in [1.807, 2.05) is 0 Å². The van der Waals surface area contributed by atoms with Crippen molar-refractivity contribution >= 4 is 16.7 Å². The molecule has 0 aliphatic carbocycles. The molecule has 1 atom stereocenters. The molecule has 0 radical (unpaired) electrons. The van der Waals surface area contributed by atoms with Gasteiger partial charge in [0, 0.05) is 13.6 Å². The fourth-order valence-electron chi connectivity index (χ4n) is 3.13. The SMILES string of the molecule is CNC(=O)C1CCCN1Cc1cccc2ccccc12. The van der Waals surface area contributed by atoms with Crippen LogP contribution in [0.4, 0.5) is 0 Å². The Hall–Kier alpha value is -1.87. The van der Waals surface area contributed by atoms with E-state index < -0.39 is 0 Å². The molecule has 20 heavy (non-hydrogen) atoms. The monoisotopic (exact) mass is 268 g/mol. The normalized spacial score (nSPS) is 19.4. The molecule has 3 heteroatoms. The molecule has 0 bridgehead atoms. The van der Waals surface area contributed by atoms with Gasteiger partial charge in [0.2, 0.25) is 5.91 Å². The zero-order valence-electron chi connectivity index (χ0n) is 11.8. The maximum atomic E-state index is 11.9. The highest BCUT2D eigenvalue weighted by atomic mass is 16.2. The molecule has 1 amide bonds. The van der Waals surface area contributed by atoms with Crippen LogP contribution in [0.5, 0.6) is 0 Å². The van der Waals surface area contributed by atoms with E-state index in [0.29, 0.717) is 0 Å². The van der Waals surface area contributed by atoms with Crippen molar-refractivity contribution in [3.8, 4) is 0 Å². The van der Waals surface area contributed by atoms with Gasteiger partial charge in [-0.25, -0.2) is 0 Å². The second-order valence-corrected chi connectivity index (χ2v) is 5.38. The molecule has 1 aliphatic heterocycles. The Bertz CT molecular complexity index is 618. The molecule has 1 saturated heterocycles.